The molecule has 2 aromatic rings. The lowest BCUT2D eigenvalue weighted by Crippen LogP contribution is -2.17. The standard InChI is InChI=1S/C15H14O2S/c1-10-4-2-3-5-11(10)12-6-7-13(18-12)15(8-9-15)14(16)17/h2-7H,8-9H2,1H3,(H,16,17). The van der Waals surface area contributed by atoms with Gasteiger partial charge in [-0.2, -0.15) is 0 Å². The van der Waals surface area contributed by atoms with Crippen molar-refractivity contribution in [3.05, 3.63) is 46.8 Å². The minimum atomic E-state index is -0.680. The smallest absolute Gasteiger partial charge is 0.314 e. The van der Waals surface area contributed by atoms with Crippen LogP contribution in [0.4, 0.5) is 0 Å². The van der Waals surface area contributed by atoms with Gasteiger partial charge in [0.05, 0.1) is 0 Å². The van der Waals surface area contributed by atoms with Gasteiger partial charge in [0.15, 0.2) is 0 Å². The molecule has 0 unspecified atom stereocenters. The summed E-state index contributed by atoms with van der Waals surface area (Å²) in [6.45, 7) is 2.08. The Morgan fingerprint density at radius 1 is 1.22 bits per heavy atom. The number of carboxylic acids is 1. The molecule has 2 nitrogen and oxygen atoms in total. The second-order valence-corrected chi connectivity index (χ2v) is 5.95. The summed E-state index contributed by atoms with van der Waals surface area (Å²) in [6.07, 6.45) is 1.55. The molecule has 0 aliphatic heterocycles. The van der Waals surface area contributed by atoms with Crippen LogP contribution in [0.25, 0.3) is 10.4 Å². The van der Waals surface area contributed by atoms with Crippen molar-refractivity contribution < 1.29 is 9.90 Å². The Bertz CT molecular complexity index is 608. The van der Waals surface area contributed by atoms with Crippen LogP contribution in [0.15, 0.2) is 36.4 Å². The van der Waals surface area contributed by atoms with Crippen molar-refractivity contribution in [2.45, 2.75) is 25.2 Å². The van der Waals surface area contributed by atoms with Crippen LogP contribution >= 0.6 is 11.3 Å². The third-order valence-corrected chi connectivity index (χ3v) is 4.97. The molecule has 1 N–H and O–H groups in total. The normalized spacial score (nSPS) is 16.5. The van der Waals surface area contributed by atoms with E-state index in [0.29, 0.717) is 0 Å². The highest BCUT2D eigenvalue weighted by Crippen LogP contribution is 2.51. The van der Waals surface area contributed by atoms with E-state index in [1.165, 1.54) is 11.1 Å². The van der Waals surface area contributed by atoms with Gasteiger partial charge in [0.25, 0.3) is 0 Å². The van der Waals surface area contributed by atoms with Crippen molar-refractivity contribution in [1.82, 2.24) is 0 Å². The zero-order valence-corrected chi connectivity index (χ0v) is 11.0. The number of hydrogen-bond acceptors (Lipinski definition) is 2. The van der Waals surface area contributed by atoms with Crippen molar-refractivity contribution in [2.24, 2.45) is 0 Å². The molecule has 0 bridgehead atoms. The van der Waals surface area contributed by atoms with Crippen LogP contribution in [0.1, 0.15) is 23.3 Å². The van der Waals surface area contributed by atoms with Crippen LogP contribution in [0.2, 0.25) is 0 Å². The fourth-order valence-corrected chi connectivity index (χ4v) is 3.61. The van der Waals surface area contributed by atoms with Crippen molar-refractivity contribution in [1.29, 1.82) is 0 Å². The summed E-state index contributed by atoms with van der Waals surface area (Å²) in [6, 6.07) is 12.2. The number of thiophene rings is 1. The SMILES string of the molecule is Cc1ccccc1-c1ccc(C2(C(=O)O)CC2)s1. The zero-order valence-electron chi connectivity index (χ0n) is 10.1. The third kappa shape index (κ3) is 1.66. The van der Waals surface area contributed by atoms with E-state index >= 15 is 0 Å². The predicted molar refractivity (Wildman–Crippen MR) is 73.0 cm³/mol. The highest BCUT2D eigenvalue weighted by Gasteiger charge is 2.52. The molecule has 3 rings (SSSR count). The lowest BCUT2D eigenvalue weighted by atomic mass is 10.1. The van der Waals surface area contributed by atoms with Crippen LogP contribution in [0.5, 0.6) is 0 Å². The first-order chi connectivity index (χ1) is 8.63. The minimum Gasteiger partial charge on any atom is -0.481 e. The van der Waals surface area contributed by atoms with E-state index in [9.17, 15) is 9.90 Å². The van der Waals surface area contributed by atoms with Gasteiger partial charge < -0.3 is 5.11 Å². The molecule has 0 atom stereocenters. The Morgan fingerprint density at radius 3 is 2.56 bits per heavy atom. The van der Waals surface area contributed by atoms with Crippen LogP contribution in [-0.4, -0.2) is 11.1 Å². The zero-order chi connectivity index (χ0) is 12.8. The Labute approximate surface area is 110 Å². The maximum atomic E-state index is 11.3. The van der Waals surface area contributed by atoms with Gasteiger partial charge in [0.1, 0.15) is 5.41 Å². The molecule has 3 heteroatoms. The Balaban J connectivity index is 2.01. The van der Waals surface area contributed by atoms with Crippen molar-refractivity contribution in [3.63, 3.8) is 0 Å². The number of rotatable bonds is 3. The number of aliphatic carboxylic acids is 1. The molecule has 1 heterocycles. The summed E-state index contributed by atoms with van der Waals surface area (Å²) in [5.74, 6) is -0.680. The Hall–Kier alpha value is -1.61. The van der Waals surface area contributed by atoms with Gasteiger partial charge >= 0.3 is 5.97 Å². The molecule has 1 aliphatic rings. The summed E-state index contributed by atoms with van der Waals surface area (Å²) in [4.78, 5) is 13.5. The van der Waals surface area contributed by atoms with E-state index < -0.39 is 11.4 Å². The third-order valence-electron chi connectivity index (χ3n) is 3.65. The predicted octanol–water partition coefficient (Wildman–Crippen LogP) is 3.84. The number of hydrogen-bond donors (Lipinski definition) is 1. The quantitative estimate of drug-likeness (QED) is 0.908. The number of aryl methyl sites for hydroxylation is 1. The summed E-state index contributed by atoms with van der Waals surface area (Å²) < 4.78 is 0. The molecular weight excluding hydrogens is 244 g/mol. The van der Waals surface area contributed by atoms with Crippen LogP contribution in [0, 0.1) is 6.92 Å². The first-order valence-electron chi connectivity index (χ1n) is 6.03. The van der Waals surface area contributed by atoms with E-state index in [-0.39, 0.29) is 0 Å². The maximum Gasteiger partial charge on any atom is 0.314 e. The van der Waals surface area contributed by atoms with E-state index in [4.69, 9.17) is 0 Å². The lowest BCUT2D eigenvalue weighted by molar-refractivity contribution is -0.139. The molecule has 1 saturated carbocycles. The van der Waals surface area contributed by atoms with Crippen molar-refractivity contribution >= 4 is 17.3 Å². The molecular formula is C15H14O2S. The molecule has 0 saturated heterocycles. The average Bonchev–Trinajstić information content (AvgIpc) is 3.03. The van der Waals surface area contributed by atoms with Gasteiger partial charge in [-0.1, -0.05) is 24.3 Å². The molecule has 1 aromatic carbocycles. The summed E-state index contributed by atoms with van der Waals surface area (Å²) >= 11 is 1.62. The van der Waals surface area contributed by atoms with Gasteiger partial charge in [0.2, 0.25) is 0 Å². The van der Waals surface area contributed by atoms with Gasteiger partial charge in [-0.15, -0.1) is 11.3 Å². The second-order valence-electron chi connectivity index (χ2n) is 4.87. The Kier molecular flexibility index (Phi) is 2.52. The number of carboxylic acid groups (broad SMARTS) is 1. The van der Waals surface area contributed by atoms with Gasteiger partial charge in [-0.05, 0) is 43.0 Å². The number of benzene rings is 1. The summed E-state index contributed by atoms with van der Waals surface area (Å²) in [5.41, 5.74) is 1.85. The second kappa shape index (κ2) is 3.95. The summed E-state index contributed by atoms with van der Waals surface area (Å²) in [5, 5.41) is 9.30. The van der Waals surface area contributed by atoms with E-state index in [1.54, 1.807) is 11.3 Å². The fourth-order valence-electron chi connectivity index (χ4n) is 2.28. The van der Waals surface area contributed by atoms with Crippen molar-refractivity contribution in [2.75, 3.05) is 0 Å². The van der Waals surface area contributed by atoms with Crippen molar-refractivity contribution in [3.8, 4) is 10.4 Å². The fraction of sp³-hybridized carbons (Fsp3) is 0.267. The average molecular weight is 258 g/mol. The highest BCUT2D eigenvalue weighted by atomic mass is 32.1. The van der Waals surface area contributed by atoms with E-state index in [2.05, 4.69) is 19.1 Å². The molecule has 1 fully saturated rings. The minimum absolute atomic E-state index is 0.578. The molecule has 0 spiro atoms. The maximum absolute atomic E-state index is 11.3. The monoisotopic (exact) mass is 258 g/mol. The molecule has 1 aliphatic carbocycles. The largest absolute Gasteiger partial charge is 0.481 e. The number of carbonyl (C=O) groups is 1. The topological polar surface area (TPSA) is 37.3 Å². The van der Waals surface area contributed by atoms with Gasteiger partial charge in [0, 0.05) is 9.75 Å². The molecule has 0 amide bonds. The first-order valence-corrected chi connectivity index (χ1v) is 6.85. The Morgan fingerprint density at radius 2 is 1.94 bits per heavy atom. The van der Waals surface area contributed by atoms with Crippen LogP contribution in [0.3, 0.4) is 0 Å². The first kappa shape index (κ1) is 11.5. The van der Waals surface area contributed by atoms with E-state index in [1.807, 2.05) is 24.3 Å². The van der Waals surface area contributed by atoms with Gasteiger partial charge in [-0.3, -0.25) is 4.79 Å². The van der Waals surface area contributed by atoms with Crippen LogP contribution < -0.4 is 0 Å². The highest BCUT2D eigenvalue weighted by molar-refractivity contribution is 7.15. The van der Waals surface area contributed by atoms with Crippen LogP contribution in [-0.2, 0) is 10.2 Å². The molecule has 92 valence electrons. The summed E-state index contributed by atoms with van der Waals surface area (Å²) in [7, 11) is 0. The lowest BCUT2D eigenvalue weighted by Gasteiger charge is -2.06. The molecule has 0 radical (unpaired) electrons. The molecule has 1 aromatic heterocycles. The van der Waals surface area contributed by atoms with E-state index in [0.717, 1.165) is 22.6 Å². The van der Waals surface area contributed by atoms with Gasteiger partial charge in [-0.25, -0.2) is 0 Å². The molecule has 18 heavy (non-hydrogen) atoms.